The molecule has 0 saturated heterocycles. The van der Waals surface area contributed by atoms with Crippen molar-refractivity contribution in [1.29, 1.82) is 0 Å². The van der Waals surface area contributed by atoms with Crippen LogP contribution in [0.2, 0.25) is 0 Å². The second-order valence-electron chi connectivity index (χ2n) is 6.92. The molecule has 7 nitrogen and oxygen atoms in total. The van der Waals surface area contributed by atoms with Gasteiger partial charge in [-0.3, -0.25) is 9.35 Å². The first kappa shape index (κ1) is 21.4. The fourth-order valence-electron chi connectivity index (χ4n) is 3.87. The number of halogens is 5. The molecule has 2 bridgehead atoms. The molecule has 0 aromatic heterocycles. The maximum absolute atomic E-state index is 13.6. The van der Waals surface area contributed by atoms with Crippen LogP contribution < -0.4 is 0 Å². The molecule has 0 spiro atoms. The van der Waals surface area contributed by atoms with Crippen LogP contribution in [-0.4, -0.2) is 49.5 Å². The van der Waals surface area contributed by atoms with Gasteiger partial charge in [-0.1, -0.05) is 13.8 Å². The Morgan fingerprint density at radius 3 is 1.96 bits per heavy atom. The highest BCUT2D eigenvalue weighted by molar-refractivity contribution is 7.89. The summed E-state index contributed by atoms with van der Waals surface area (Å²) in [6.45, 7) is 2.58. The molecule has 3 atom stereocenters. The van der Waals surface area contributed by atoms with Gasteiger partial charge in [0.15, 0.2) is 10.5 Å². The first-order valence-corrected chi connectivity index (χ1v) is 10.0. The third kappa shape index (κ3) is 2.67. The van der Waals surface area contributed by atoms with Gasteiger partial charge in [0.2, 0.25) is 0 Å². The van der Waals surface area contributed by atoms with Crippen molar-refractivity contribution in [3.8, 4) is 0 Å². The first-order valence-electron chi connectivity index (χ1n) is 7.20. The highest BCUT2D eigenvalue weighted by Crippen LogP contribution is 2.62. The van der Waals surface area contributed by atoms with Crippen molar-refractivity contribution in [3.63, 3.8) is 0 Å². The molecule has 2 fully saturated rings. The zero-order chi connectivity index (χ0) is 20.6. The Balaban J connectivity index is 2.58. The van der Waals surface area contributed by atoms with E-state index in [1.54, 1.807) is 0 Å². The summed E-state index contributed by atoms with van der Waals surface area (Å²) in [5, 5.41) is -6.00. The number of ketones is 1. The van der Waals surface area contributed by atoms with E-state index < -0.39 is 66.1 Å². The highest BCUT2D eigenvalue weighted by Gasteiger charge is 2.74. The molecule has 0 aromatic rings. The van der Waals surface area contributed by atoms with E-state index in [0.717, 1.165) is 0 Å². The maximum atomic E-state index is 13.6. The van der Waals surface area contributed by atoms with Gasteiger partial charge in [0.25, 0.3) is 16.2 Å². The Labute approximate surface area is 145 Å². The molecule has 1 N–H and O–H groups in total. The fourth-order valence-corrected chi connectivity index (χ4v) is 6.57. The monoisotopic (exact) mass is 430 g/mol. The lowest BCUT2D eigenvalue weighted by molar-refractivity contribution is -0.238. The molecule has 152 valence electrons. The summed E-state index contributed by atoms with van der Waals surface area (Å²) in [5.41, 5.74) is -1.40. The normalized spacial score (nSPS) is 30.6. The van der Waals surface area contributed by atoms with Crippen molar-refractivity contribution < 1.29 is 52.3 Å². The summed E-state index contributed by atoms with van der Waals surface area (Å²) < 4.78 is 122. The predicted octanol–water partition coefficient (Wildman–Crippen LogP) is 1.89. The number of hydrogen-bond donors (Lipinski definition) is 1. The summed E-state index contributed by atoms with van der Waals surface area (Å²) in [5.74, 6) is -1.48. The van der Waals surface area contributed by atoms with E-state index in [2.05, 4.69) is 4.18 Å². The van der Waals surface area contributed by atoms with Crippen LogP contribution in [0.5, 0.6) is 0 Å². The van der Waals surface area contributed by atoms with Crippen LogP contribution in [0.1, 0.15) is 33.1 Å². The lowest BCUT2D eigenvalue weighted by Gasteiger charge is -2.36. The fraction of sp³-hybridized carbons (Fsp3) is 0.917. The zero-order valence-electron chi connectivity index (χ0n) is 13.4. The molecular weight excluding hydrogens is 415 g/mol. The third-order valence-corrected chi connectivity index (χ3v) is 8.54. The summed E-state index contributed by atoms with van der Waals surface area (Å²) in [6, 6.07) is 0. The second kappa shape index (κ2) is 5.58. The SMILES string of the molecule is CC1(C)C2CCC1(S(=O)(=O)OC(C(F)(F)F)C(F)(F)S(=O)(=O)O)C(=O)C2. The number of fused-ring (bicyclic) bond motifs is 2. The Morgan fingerprint density at radius 1 is 1.15 bits per heavy atom. The molecule has 0 aliphatic heterocycles. The maximum Gasteiger partial charge on any atom is 0.423 e. The van der Waals surface area contributed by atoms with Crippen LogP contribution >= 0.6 is 0 Å². The van der Waals surface area contributed by atoms with Gasteiger partial charge < -0.3 is 0 Å². The van der Waals surface area contributed by atoms with Crippen molar-refractivity contribution >= 4 is 26.0 Å². The number of alkyl halides is 5. The van der Waals surface area contributed by atoms with E-state index in [4.69, 9.17) is 4.55 Å². The van der Waals surface area contributed by atoms with Gasteiger partial charge in [0, 0.05) is 6.42 Å². The van der Waals surface area contributed by atoms with Crippen molar-refractivity contribution in [2.45, 2.75) is 55.4 Å². The molecule has 2 aliphatic carbocycles. The van der Waals surface area contributed by atoms with E-state index in [0.29, 0.717) is 0 Å². The second-order valence-corrected chi connectivity index (χ2v) is 10.2. The Bertz CT molecular complexity index is 831. The minimum atomic E-state index is -6.67. The van der Waals surface area contributed by atoms with Crippen molar-refractivity contribution in [2.75, 3.05) is 0 Å². The first-order chi connectivity index (χ1) is 11.3. The predicted molar refractivity (Wildman–Crippen MR) is 75.2 cm³/mol. The Hall–Kier alpha value is -0.860. The molecule has 0 heterocycles. The van der Waals surface area contributed by atoms with Gasteiger partial charge in [-0.05, 0) is 24.2 Å². The van der Waals surface area contributed by atoms with E-state index in [-0.39, 0.29) is 12.8 Å². The standard InChI is InChI=1S/C12H15F5O7S2/c1-9(2)6-3-4-10(9,7(18)5-6)26(22,23)24-8(11(13,14)15)12(16,17)25(19,20)21/h6,8H,3-5H2,1-2H3,(H,19,20,21). The van der Waals surface area contributed by atoms with E-state index in [1.165, 1.54) is 13.8 Å². The minimum absolute atomic E-state index is 0.146. The van der Waals surface area contributed by atoms with Gasteiger partial charge in [0.05, 0.1) is 0 Å². The third-order valence-electron chi connectivity index (χ3n) is 5.38. The topological polar surface area (TPSA) is 115 Å². The van der Waals surface area contributed by atoms with Gasteiger partial charge in [-0.25, -0.2) is 4.18 Å². The highest BCUT2D eigenvalue weighted by atomic mass is 32.2. The van der Waals surface area contributed by atoms with Crippen LogP contribution in [0.25, 0.3) is 0 Å². The summed E-state index contributed by atoms with van der Waals surface area (Å²) in [6.07, 6.45) is -11.4. The number of rotatable bonds is 5. The van der Waals surface area contributed by atoms with Crippen LogP contribution in [0, 0.1) is 11.3 Å². The molecule has 0 radical (unpaired) electrons. The lowest BCUT2D eigenvalue weighted by Crippen LogP contribution is -2.57. The van der Waals surface area contributed by atoms with Crippen LogP contribution in [-0.2, 0) is 29.2 Å². The molecule has 3 unspecified atom stereocenters. The van der Waals surface area contributed by atoms with E-state index >= 15 is 0 Å². The number of carbonyl (C=O) groups excluding carboxylic acids is 1. The number of carbonyl (C=O) groups is 1. The molecule has 26 heavy (non-hydrogen) atoms. The minimum Gasteiger partial charge on any atom is -0.298 e. The molecule has 2 saturated carbocycles. The Morgan fingerprint density at radius 2 is 1.65 bits per heavy atom. The van der Waals surface area contributed by atoms with Gasteiger partial charge in [0.1, 0.15) is 0 Å². The van der Waals surface area contributed by atoms with Crippen LogP contribution in [0.3, 0.4) is 0 Å². The summed E-state index contributed by atoms with van der Waals surface area (Å²) in [7, 11) is -12.3. The molecule has 0 amide bonds. The quantitative estimate of drug-likeness (QED) is 0.402. The zero-order valence-corrected chi connectivity index (χ0v) is 15.0. The van der Waals surface area contributed by atoms with Crippen molar-refractivity contribution in [3.05, 3.63) is 0 Å². The number of hydrogen-bond acceptors (Lipinski definition) is 6. The summed E-state index contributed by atoms with van der Waals surface area (Å²) >= 11 is 0. The molecule has 2 aliphatic rings. The molecule has 0 aromatic carbocycles. The van der Waals surface area contributed by atoms with Gasteiger partial charge in [-0.2, -0.15) is 38.8 Å². The average Bonchev–Trinajstić information content (AvgIpc) is 2.77. The smallest absolute Gasteiger partial charge is 0.298 e. The summed E-state index contributed by atoms with van der Waals surface area (Å²) in [4.78, 5) is 12.2. The van der Waals surface area contributed by atoms with E-state index in [1.807, 2.05) is 0 Å². The average molecular weight is 430 g/mol. The Kier molecular flexibility index (Phi) is 4.60. The van der Waals surface area contributed by atoms with Crippen molar-refractivity contribution in [2.24, 2.45) is 11.3 Å². The van der Waals surface area contributed by atoms with Gasteiger partial charge in [-0.15, -0.1) is 0 Å². The molecule has 14 heteroatoms. The molecular formula is C12H15F5O7S2. The van der Waals surface area contributed by atoms with Crippen LogP contribution in [0.4, 0.5) is 22.0 Å². The van der Waals surface area contributed by atoms with E-state index in [9.17, 15) is 43.6 Å². The molecule has 2 rings (SSSR count). The largest absolute Gasteiger partial charge is 0.423 e. The van der Waals surface area contributed by atoms with Crippen molar-refractivity contribution in [1.82, 2.24) is 0 Å². The number of Topliss-reactive ketones (excluding diaryl/α,β-unsaturated/α-hetero) is 1. The van der Waals surface area contributed by atoms with Gasteiger partial charge >= 0.3 is 21.5 Å². The lowest BCUT2D eigenvalue weighted by atomic mass is 9.81. The van der Waals surface area contributed by atoms with Crippen LogP contribution in [0.15, 0.2) is 0 Å².